The number of piperidine rings is 1. The standard InChI is InChI=1S/C12H15Cl2NO3S/c1-8-11(13)5-10(6-12(8)14)19(17,18)15-4-2-3-9(16)7-15/h5-6,9,16H,2-4,7H2,1H3. The second kappa shape index (κ2) is 5.58. The minimum absolute atomic E-state index is 0.0715. The maximum Gasteiger partial charge on any atom is 0.243 e. The largest absolute Gasteiger partial charge is 0.392 e. The molecule has 0 spiro atoms. The first-order valence-electron chi connectivity index (χ1n) is 5.96. The van der Waals surface area contributed by atoms with Gasteiger partial charge in [0, 0.05) is 23.1 Å². The van der Waals surface area contributed by atoms with Crippen molar-refractivity contribution in [2.45, 2.75) is 30.8 Å². The number of rotatable bonds is 2. The van der Waals surface area contributed by atoms with Gasteiger partial charge in [-0.1, -0.05) is 23.2 Å². The number of nitrogens with zero attached hydrogens (tertiary/aromatic N) is 1. The molecule has 1 aliphatic heterocycles. The average molecular weight is 324 g/mol. The molecule has 1 heterocycles. The van der Waals surface area contributed by atoms with Gasteiger partial charge < -0.3 is 5.11 Å². The molecule has 1 aromatic rings. The highest BCUT2D eigenvalue weighted by Crippen LogP contribution is 2.30. The van der Waals surface area contributed by atoms with Crippen LogP contribution >= 0.6 is 23.2 Å². The molecule has 4 nitrogen and oxygen atoms in total. The molecule has 1 N–H and O–H groups in total. The fourth-order valence-electron chi connectivity index (χ4n) is 2.06. The predicted octanol–water partition coefficient (Wildman–Crippen LogP) is 2.45. The molecule has 1 aromatic carbocycles. The van der Waals surface area contributed by atoms with E-state index < -0.39 is 16.1 Å². The van der Waals surface area contributed by atoms with E-state index in [2.05, 4.69) is 0 Å². The van der Waals surface area contributed by atoms with Crippen LogP contribution in [0.2, 0.25) is 10.0 Å². The molecule has 0 radical (unpaired) electrons. The summed E-state index contributed by atoms with van der Waals surface area (Å²) in [5.74, 6) is 0. The quantitative estimate of drug-likeness (QED) is 0.909. The molecule has 0 bridgehead atoms. The van der Waals surface area contributed by atoms with Crippen molar-refractivity contribution in [1.29, 1.82) is 0 Å². The van der Waals surface area contributed by atoms with Gasteiger partial charge >= 0.3 is 0 Å². The van der Waals surface area contributed by atoms with Crippen molar-refractivity contribution in [3.63, 3.8) is 0 Å². The summed E-state index contributed by atoms with van der Waals surface area (Å²) in [7, 11) is -3.65. The number of aliphatic hydroxyl groups excluding tert-OH is 1. The van der Waals surface area contributed by atoms with Gasteiger partial charge in [-0.3, -0.25) is 0 Å². The van der Waals surface area contributed by atoms with Gasteiger partial charge in [0.25, 0.3) is 0 Å². The Morgan fingerprint density at radius 1 is 1.32 bits per heavy atom. The second-order valence-electron chi connectivity index (χ2n) is 4.67. The molecular weight excluding hydrogens is 309 g/mol. The number of hydrogen-bond donors (Lipinski definition) is 1. The van der Waals surface area contributed by atoms with Gasteiger partial charge in [-0.05, 0) is 37.5 Å². The molecule has 0 saturated carbocycles. The molecule has 19 heavy (non-hydrogen) atoms. The van der Waals surface area contributed by atoms with Crippen LogP contribution in [0.1, 0.15) is 18.4 Å². The molecule has 0 aliphatic carbocycles. The normalized spacial score (nSPS) is 21.6. The fraction of sp³-hybridized carbons (Fsp3) is 0.500. The van der Waals surface area contributed by atoms with Crippen molar-refractivity contribution in [3.05, 3.63) is 27.7 Å². The third-order valence-electron chi connectivity index (χ3n) is 3.25. The number of benzene rings is 1. The summed E-state index contributed by atoms with van der Waals surface area (Å²) in [5.41, 5.74) is 0.654. The summed E-state index contributed by atoms with van der Waals surface area (Å²) in [6.45, 7) is 2.25. The molecular formula is C12H15Cl2NO3S. The van der Waals surface area contributed by atoms with E-state index in [4.69, 9.17) is 23.2 Å². The highest BCUT2D eigenvalue weighted by atomic mass is 35.5. The van der Waals surface area contributed by atoms with E-state index in [-0.39, 0.29) is 11.4 Å². The molecule has 2 rings (SSSR count). The molecule has 1 unspecified atom stereocenters. The van der Waals surface area contributed by atoms with Crippen LogP contribution in [0.25, 0.3) is 0 Å². The van der Waals surface area contributed by atoms with Crippen molar-refractivity contribution in [2.24, 2.45) is 0 Å². The van der Waals surface area contributed by atoms with Crippen molar-refractivity contribution >= 4 is 33.2 Å². The second-order valence-corrected chi connectivity index (χ2v) is 7.42. The van der Waals surface area contributed by atoms with Crippen LogP contribution in [0.15, 0.2) is 17.0 Å². The molecule has 1 fully saturated rings. The van der Waals surface area contributed by atoms with Gasteiger partial charge in [0.2, 0.25) is 10.0 Å². The van der Waals surface area contributed by atoms with Crippen molar-refractivity contribution in [2.75, 3.05) is 13.1 Å². The van der Waals surface area contributed by atoms with E-state index >= 15 is 0 Å². The topological polar surface area (TPSA) is 57.6 Å². The molecule has 1 atom stereocenters. The predicted molar refractivity (Wildman–Crippen MR) is 75.2 cm³/mol. The Hall–Kier alpha value is -0.330. The van der Waals surface area contributed by atoms with Gasteiger partial charge in [0.1, 0.15) is 0 Å². The van der Waals surface area contributed by atoms with Crippen LogP contribution in [0.3, 0.4) is 0 Å². The smallest absolute Gasteiger partial charge is 0.243 e. The van der Waals surface area contributed by atoms with Gasteiger partial charge in [-0.2, -0.15) is 4.31 Å². The fourth-order valence-corrected chi connectivity index (χ4v) is 4.25. The van der Waals surface area contributed by atoms with Crippen LogP contribution in [0.4, 0.5) is 0 Å². The Morgan fingerprint density at radius 3 is 2.42 bits per heavy atom. The first-order valence-corrected chi connectivity index (χ1v) is 8.16. The number of β-amino-alcohol motifs (C(OH)–C–C–N with tert-alkyl or cyclic N) is 1. The Kier molecular flexibility index (Phi) is 4.42. The van der Waals surface area contributed by atoms with Crippen LogP contribution < -0.4 is 0 Å². The Bertz CT molecular complexity index is 566. The molecule has 7 heteroatoms. The number of sulfonamides is 1. The minimum atomic E-state index is -3.65. The van der Waals surface area contributed by atoms with Gasteiger partial charge in [0.15, 0.2) is 0 Å². The molecule has 1 aliphatic rings. The van der Waals surface area contributed by atoms with Crippen molar-refractivity contribution in [1.82, 2.24) is 4.31 Å². The van der Waals surface area contributed by atoms with Crippen LogP contribution in [-0.4, -0.2) is 37.0 Å². The average Bonchev–Trinajstić information content (AvgIpc) is 2.35. The zero-order valence-electron chi connectivity index (χ0n) is 10.4. The highest BCUT2D eigenvalue weighted by Gasteiger charge is 2.30. The van der Waals surface area contributed by atoms with Crippen LogP contribution in [0.5, 0.6) is 0 Å². The Labute approximate surface area is 123 Å². The van der Waals surface area contributed by atoms with Gasteiger partial charge in [0.05, 0.1) is 11.0 Å². The number of aliphatic hydroxyl groups is 1. The SMILES string of the molecule is Cc1c(Cl)cc(S(=O)(=O)N2CCCC(O)C2)cc1Cl. The lowest BCUT2D eigenvalue weighted by Gasteiger charge is -2.29. The van der Waals surface area contributed by atoms with E-state index in [9.17, 15) is 13.5 Å². The third kappa shape index (κ3) is 3.06. The summed E-state index contributed by atoms with van der Waals surface area (Å²) >= 11 is 12.0. The lowest BCUT2D eigenvalue weighted by Crippen LogP contribution is -2.42. The van der Waals surface area contributed by atoms with E-state index in [1.807, 2.05) is 0 Å². The van der Waals surface area contributed by atoms with E-state index in [0.29, 0.717) is 35.0 Å². The van der Waals surface area contributed by atoms with E-state index in [1.165, 1.54) is 16.4 Å². The zero-order valence-corrected chi connectivity index (χ0v) is 12.8. The lowest BCUT2D eigenvalue weighted by atomic mass is 10.1. The van der Waals surface area contributed by atoms with Crippen LogP contribution in [0, 0.1) is 6.92 Å². The number of hydrogen-bond acceptors (Lipinski definition) is 3. The third-order valence-corrected chi connectivity index (χ3v) is 5.88. The maximum atomic E-state index is 12.4. The summed E-state index contributed by atoms with van der Waals surface area (Å²) in [6.07, 6.45) is 0.662. The maximum absolute atomic E-state index is 12.4. The first-order chi connectivity index (χ1) is 8.82. The summed E-state index contributed by atoms with van der Waals surface area (Å²) in [5, 5.41) is 10.2. The molecule has 1 saturated heterocycles. The Morgan fingerprint density at radius 2 is 1.89 bits per heavy atom. The zero-order chi connectivity index (χ0) is 14.2. The monoisotopic (exact) mass is 323 g/mol. The van der Waals surface area contributed by atoms with E-state index in [1.54, 1.807) is 6.92 Å². The summed E-state index contributed by atoms with van der Waals surface area (Å²) < 4.78 is 26.2. The first kappa shape index (κ1) is 15.1. The minimum Gasteiger partial charge on any atom is -0.392 e. The molecule has 0 amide bonds. The van der Waals surface area contributed by atoms with Gasteiger partial charge in [-0.15, -0.1) is 0 Å². The molecule has 106 valence electrons. The molecule has 0 aromatic heterocycles. The van der Waals surface area contributed by atoms with Crippen molar-refractivity contribution in [3.8, 4) is 0 Å². The van der Waals surface area contributed by atoms with Crippen LogP contribution in [-0.2, 0) is 10.0 Å². The van der Waals surface area contributed by atoms with Crippen molar-refractivity contribution < 1.29 is 13.5 Å². The number of halogens is 2. The highest BCUT2D eigenvalue weighted by molar-refractivity contribution is 7.89. The summed E-state index contributed by atoms with van der Waals surface area (Å²) in [6, 6.07) is 2.80. The van der Waals surface area contributed by atoms with Gasteiger partial charge in [-0.25, -0.2) is 8.42 Å². The van der Waals surface area contributed by atoms with E-state index in [0.717, 1.165) is 0 Å². The lowest BCUT2D eigenvalue weighted by molar-refractivity contribution is 0.108. The Balaban J connectivity index is 2.39. The summed E-state index contributed by atoms with van der Waals surface area (Å²) in [4.78, 5) is 0.0715.